The van der Waals surface area contributed by atoms with Gasteiger partial charge >= 0.3 is 5.97 Å². The number of rotatable bonds is 3. The molecule has 1 saturated carbocycles. The molecule has 1 heterocycles. The van der Waals surface area contributed by atoms with E-state index in [1.807, 2.05) is 18.2 Å². The fourth-order valence-corrected chi connectivity index (χ4v) is 5.01. The molecular weight excluding hydrogens is 428 g/mol. The molecule has 3 nitrogen and oxygen atoms in total. The van der Waals surface area contributed by atoms with Crippen molar-refractivity contribution in [1.29, 1.82) is 0 Å². The van der Waals surface area contributed by atoms with Crippen molar-refractivity contribution in [2.75, 3.05) is 0 Å². The number of fused-ring (bicyclic) bond motifs is 1. The minimum Gasteiger partial charge on any atom is -0.426 e. The van der Waals surface area contributed by atoms with Crippen molar-refractivity contribution in [3.8, 4) is 5.75 Å². The standard InChI is InChI=1S/C22H20BrClO3/c23-15-6-9-20-17(12-15)18(13-19(25)14-4-7-16(24)8-5-14)22(21(26)27-20)10-2-1-3-11-22/h4-9,12,18H,1-3,10-11,13H2. The van der Waals surface area contributed by atoms with Crippen molar-refractivity contribution in [2.24, 2.45) is 5.41 Å². The predicted molar refractivity (Wildman–Crippen MR) is 108 cm³/mol. The molecule has 27 heavy (non-hydrogen) atoms. The predicted octanol–water partition coefficient (Wildman–Crippen LogP) is 6.33. The molecule has 0 aromatic heterocycles. The molecule has 0 N–H and O–H groups in total. The van der Waals surface area contributed by atoms with Gasteiger partial charge in [-0.2, -0.15) is 0 Å². The molecule has 1 atom stereocenters. The van der Waals surface area contributed by atoms with Gasteiger partial charge in [-0.05, 0) is 55.3 Å². The second-order valence-electron chi connectivity index (χ2n) is 7.48. The van der Waals surface area contributed by atoms with Gasteiger partial charge in [0.1, 0.15) is 5.75 Å². The maximum absolute atomic E-state index is 13.0. The van der Waals surface area contributed by atoms with Crippen LogP contribution < -0.4 is 4.74 Å². The molecule has 2 aromatic carbocycles. The first-order chi connectivity index (χ1) is 13.0. The maximum Gasteiger partial charge on any atom is 0.318 e. The number of Topliss-reactive ketones (excluding diaryl/α,β-unsaturated/α-hetero) is 1. The third-order valence-corrected chi connectivity index (χ3v) is 6.67. The fraction of sp³-hybridized carbons (Fsp3) is 0.364. The average molecular weight is 448 g/mol. The van der Waals surface area contributed by atoms with Gasteiger partial charge in [-0.25, -0.2) is 0 Å². The van der Waals surface area contributed by atoms with Gasteiger partial charge in [-0.1, -0.05) is 46.8 Å². The normalized spacial score (nSPS) is 20.8. The summed E-state index contributed by atoms with van der Waals surface area (Å²) in [5.74, 6) is 0.260. The van der Waals surface area contributed by atoms with Gasteiger partial charge in [0.2, 0.25) is 0 Å². The molecule has 5 heteroatoms. The molecule has 2 aliphatic rings. The van der Waals surface area contributed by atoms with E-state index in [1.165, 1.54) is 0 Å². The summed E-state index contributed by atoms with van der Waals surface area (Å²) < 4.78 is 6.65. The van der Waals surface area contributed by atoms with Gasteiger partial charge < -0.3 is 4.74 Å². The molecule has 140 valence electrons. The number of halogens is 2. The highest BCUT2D eigenvalue weighted by Crippen LogP contribution is 2.55. The number of benzene rings is 2. The van der Waals surface area contributed by atoms with Crippen molar-refractivity contribution in [3.63, 3.8) is 0 Å². The molecular formula is C22H20BrClO3. The lowest BCUT2D eigenvalue weighted by Gasteiger charge is -2.44. The smallest absolute Gasteiger partial charge is 0.318 e. The van der Waals surface area contributed by atoms with E-state index in [0.717, 1.165) is 42.1 Å². The minimum atomic E-state index is -0.603. The average Bonchev–Trinajstić information content (AvgIpc) is 2.67. The highest BCUT2D eigenvalue weighted by molar-refractivity contribution is 9.10. The molecule has 0 radical (unpaired) electrons. The highest BCUT2D eigenvalue weighted by atomic mass is 79.9. The number of carbonyl (C=O) groups is 2. The van der Waals surface area contributed by atoms with Gasteiger partial charge in [0.25, 0.3) is 0 Å². The number of ether oxygens (including phenoxy) is 1. The number of hydrogen-bond donors (Lipinski definition) is 0. The second kappa shape index (κ2) is 7.40. The van der Waals surface area contributed by atoms with Crippen molar-refractivity contribution in [2.45, 2.75) is 44.4 Å². The summed E-state index contributed by atoms with van der Waals surface area (Å²) in [6.07, 6.45) is 4.94. The van der Waals surface area contributed by atoms with Crippen LogP contribution >= 0.6 is 27.5 Å². The number of hydrogen-bond acceptors (Lipinski definition) is 3. The summed E-state index contributed by atoms with van der Waals surface area (Å²) >= 11 is 9.48. The molecule has 0 amide bonds. The summed E-state index contributed by atoms with van der Waals surface area (Å²) in [5.41, 5.74) is 0.975. The van der Waals surface area contributed by atoms with E-state index in [0.29, 0.717) is 22.8 Å². The SMILES string of the molecule is O=C(CC1c2cc(Br)ccc2OC(=O)C12CCCCC2)c1ccc(Cl)cc1. The fourth-order valence-electron chi connectivity index (χ4n) is 4.51. The first-order valence-corrected chi connectivity index (χ1v) is 10.5. The van der Waals surface area contributed by atoms with Crippen LogP contribution in [0.15, 0.2) is 46.9 Å². The van der Waals surface area contributed by atoms with Gasteiger partial charge in [0.15, 0.2) is 5.78 Å². The third-order valence-electron chi connectivity index (χ3n) is 5.92. The Kier molecular flexibility index (Phi) is 5.13. The van der Waals surface area contributed by atoms with Crippen LogP contribution in [0.4, 0.5) is 0 Å². The van der Waals surface area contributed by atoms with Crippen molar-refractivity contribution in [3.05, 3.63) is 63.1 Å². The minimum absolute atomic E-state index is 0.0299. The van der Waals surface area contributed by atoms with Crippen LogP contribution in [-0.4, -0.2) is 11.8 Å². The van der Waals surface area contributed by atoms with E-state index >= 15 is 0 Å². The Morgan fingerprint density at radius 2 is 1.81 bits per heavy atom. The molecule has 1 spiro atoms. The van der Waals surface area contributed by atoms with E-state index in [1.54, 1.807) is 24.3 Å². The molecule has 1 fully saturated rings. The molecule has 2 aromatic rings. The first kappa shape index (κ1) is 18.7. The number of esters is 1. The molecule has 1 unspecified atom stereocenters. The van der Waals surface area contributed by atoms with Crippen LogP contribution in [0, 0.1) is 5.41 Å². The van der Waals surface area contributed by atoms with E-state index in [-0.39, 0.29) is 17.7 Å². The quantitative estimate of drug-likeness (QED) is 0.314. The Balaban J connectivity index is 1.75. The van der Waals surface area contributed by atoms with Crippen LogP contribution in [0.5, 0.6) is 5.75 Å². The van der Waals surface area contributed by atoms with Gasteiger partial charge in [0, 0.05) is 33.0 Å². The summed E-state index contributed by atoms with van der Waals surface area (Å²) in [4.78, 5) is 26.1. The van der Waals surface area contributed by atoms with Gasteiger partial charge in [-0.3, -0.25) is 9.59 Å². The Labute approximate surface area is 172 Å². The summed E-state index contributed by atoms with van der Waals surface area (Å²) in [6.45, 7) is 0. The Hall–Kier alpha value is -1.65. The number of ketones is 1. The van der Waals surface area contributed by atoms with Crippen LogP contribution in [0.2, 0.25) is 5.02 Å². The Morgan fingerprint density at radius 3 is 2.52 bits per heavy atom. The van der Waals surface area contributed by atoms with Crippen molar-refractivity contribution in [1.82, 2.24) is 0 Å². The maximum atomic E-state index is 13.0. The van der Waals surface area contributed by atoms with Crippen LogP contribution in [0.3, 0.4) is 0 Å². The van der Waals surface area contributed by atoms with E-state index in [4.69, 9.17) is 16.3 Å². The van der Waals surface area contributed by atoms with Gasteiger partial charge in [-0.15, -0.1) is 0 Å². The number of carbonyl (C=O) groups excluding carboxylic acids is 2. The molecule has 1 aliphatic carbocycles. The lowest BCUT2D eigenvalue weighted by molar-refractivity contribution is -0.152. The van der Waals surface area contributed by atoms with E-state index < -0.39 is 5.41 Å². The van der Waals surface area contributed by atoms with E-state index in [2.05, 4.69) is 15.9 Å². The zero-order valence-electron chi connectivity index (χ0n) is 14.8. The monoisotopic (exact) mass is 446 g/mol. The van der Waals surface area contributed by atoms with Crippen LogP contribution in [-0.2, 0) is 4.79 Å². The molecule has 4 rings (SSSR count). The molecule has 1 aliphatic heterocycles. The topological polar surface area (TPSA) is 43.4 Å². The zero-order chi connectivity index (χ0) is 19.0. The summed E-state index contributed by atoms with van der Waals surface area (Å²) in [7, 11) is 0. The zero-order valence-corrected chi connectivity index (χ0v) is 17.2. The molecule has 0 bridgehead atoms. The van der Waals surface area contributed by atoms with Crippen molar-refractivity contribution < 1.29 is 14.3 Å². The Morgan fingerprint density at radius 1 is 1.11 bits per heavy atom. The lowest BCUT2D eigenvalue weighted by Crippen LogP contribution is -2.45. The third kappa shape index (κ3) is 3.45. The molecule has 0 saturated heterocycles. The highest BCUT2D eigenvalue weighted by Gasteiger charge is 2.52. The second-order valence-corrected chi connectivity index (χ2v) is 8.83. The van der Waals surface area contributed by atoms with Gasteiger partial charge in [0.05, 0.1) is 5.41 Å². The summed E-state index contributed by atoms with van der Waals surface area (Å²) in [6, 6.07) is 12.6. The first-order valence-electron chi connectivity index (χ1n) is 9.30. The van der Waals surface area contributed by atoms with E-state index in [9.17, 15) is 9.59 Å². The van der Waals surface area contributed by atoms with Crippen LogP contribution in [0.1, 0.15) is 60.4 Å². The van der Waals surface area contributed by atoms with Crippen LogP contribution in [0.25, 0.3) is 0 Å². The Bertz CT molecular complexity index is 885. The summed E-state index contributed by atoms with van der Waals surface area (Å²) in [5, 5.41) is 0.603. The largest absolute Gasteiger partial charge is 0.426 e. The van der Waals surface area contributed by atoms with Crippen molar-refractivity contribution >= 4 is 39.3 Å². The lowest BCUT2D eigenvalue weighted by atomic mass is 9.61.